The molecule has 0 amide bonds. The van der Waals surface area contributed by atoms with Gasteiger partial charge in [-0.15, -0.1) is 6.42 Å². The molecule has 0 spiro atoms. The summed E-state index contributed by atoms with van der Waals surface area (Å²) in [5, 5.41) is 3.76. The summed E-state index contributed by atoms with van der Waals surface area (Å²) < 4.78 is 1.36. The molecule has 56 valence electrons. The molecule has 0 aliphatic rings. The maximum absolute atomic E-state index is 10.9. The lowest BCUT2D eigenvalue weighted by atomic mass is 10.2. The lowest BCUT2D eigenvalue weighted by molar-refractivity contribution is 0.104. The number of Topliss-reactive ketones (excluding diaryl/α,β-unsaturated/α-hetero) is 1. The molecule has 2 N–H and O–H groups in total. The zero-order chi connectivity index (χ0) is 8.43. The van der Waals surface area contributed by atoms with Gasteiger partial charge in [0.1, 0.15) is 5.69 Å². The van der Waals surface area contributed by atoms with E-state index in [-0.39, 0.29) is 5.69 Å². The van der Waals surface area contributed by atoms with Crippen LogP contribution >= 0.6 is 0 Å². The lowest BCUT2D eigenvalue weighted by Crippen LogP contribution is -2.06. The molecular formula is C7H7N3O. The second-order valence-electron chi connectivity index (χ2n) is 2.05. The first kappa shape index (κ1) is 7.35. The van der Waals surface area contributed by atoms with Crippen LogP contribution in [-0.2, 0) is 7.05 Å². The number of terminal acetylenes is 1. The molecule has 0 aliphatic heterocycles. The topological polar surface area (TPSA) is 60.9 Å². The number of carbonyl (C=O) groups is 1. The average Bonchev–Trinajstić information content (AvgIpc) is 2.30. The van der Waals surface area contributed by atoms with Crippen LogP contribution in [0, 0.1) is 12.3 Å². The van der Waals surface area contributed by atoms with Crippen LogP contribution in [-0.4, -0.2) is 15.6 Å². The molecule has 0 unspecified atom stereocenters. The highest BCUT2D eigenvalue weighted by Crippen LogP contribution is 2.08. The number of hydrogen-bond donors (Lipinski definition) is 1. The van der Waals surface area contributed by atoms with Crippen molar-refractivity contribution >= 4 is 11.5 Å². The Morgan fingerprint density at radius 2 is 2.55 bits per heavy atom. The highest BCUT2D eigenvalue weighted by atomic mass is 16.1. The molecule has 1 heterocycles. The van der Waals surface area contributed by atoms with E-state index in [9.17, 15) is 4.79 Å². The zero-order valence-corrected chi connectivity index (χ0v) is 6.03. The molecule has 0 saturated heterocycles. The molecule has 0 saturated carbocycles. The second kappa shape index (κ2) is 2.46. The smallest absolute Gasteiger partial charge is 0.255 e. The van der Waals surface area contributed by atoms with Gasteiger partial charge in [0.05, 0.1) is 11.9 Å². The highest BCUT2D eigenvalue weighted by molar-refractivity contribution is 6.10. The Morgan fingerprint density at radius 3 is 2.91 bits per heavy atom. The third-order valence-corrected chi connectivity index (χ3v) is 1.31. The van der Waals surface area contributed by atoms with Crippen LogP contribution in [0.5, 0.6) is 0 Å². The summed E-state index contributed by atoms with van der Waals surface area (Å²) in [6.07, 6.45) is 6.30. The molecule has 1 aromatic heterocycles. The first-order chi connectivity index (χ1) is 5.16. The number of nitrogens with two attached hydrogens (primary N) is 1. The summed E-state index contributed by atoms with van der Waals surface area (Å²) in [5.41, 5.74) is 6.00. The standard InChI is InChI=1S/C7H7N3O/c1-3-6(11)7-5(8)4-9-10(7)2/h1,4H,8H2,2H3. The van der Waals surface area contributed by atoms with Crippen molar-refractivity contribution in [3.8, 4) is 12.3 Å². The lowest BCUT2D eigenvalue weighted by Gasteiger charge is -1.94. The SMILES string of the molecule is C#CC(=O)c1c(N)cnn1C. The predicted octanol–water partition coefficient (Wildman–Crippen LogP) is -0.182. The van der Waals surface area contributed by atoms with E-state index in [0.29, 0.717) is 5.69 Å². The van der Waals surface area contributed by atoms with E-state index in [2.05, 4.69) is 5.10 Å². The number of nitrogen functional groups attached to an aromatic ring is 1. The van der Waals surface area contributed by atoms with Crippen LogP contribution < -0.4 is 5.73 Å². The number of aromatic nitrogens is 2. The van der Waals surface area contributed by atoms with Crippen molar-refractivity contribution in [2.75, 3.05) is 5.73 Å². The Balaban J connectivity index is 3.23. The third kappa shape index (κ3) is 1.08. The highest BCUT2D eigenvalue weighted by Gasteiger charge is 2.11. The van der Waals surface area contributed by atoms with E-state index in [1.807, 2.05) is 5.92 Å². The van der Waals surface area contributed by atoms with E-state index >= 15 is 0 Å². The Labute approximate surface area is 64.0 Å². The molecule has 11 heavy (non-hydrogen) atoms. The fourth-order valence-electron chi connectivity index (χ4n) is 0.801. The van der Waals surface area contributed by atoms with Crippen molar-refractivity contribution < 1.29 is 4.79 Å². The van der Waals surface area contributed by atoms with Crippen LogP contribution in [0.25, 0.3) is 0 Å². The fraction of sp³-hybridized carbons (Fsp3) is 0.143. The first-order valence-electron chi connectivity index (χ1n) is 2.95. The minimum Gasteiger partial charge on any atom is -0.396 e. The van der Waals surface area contributed by atoms with Crippen molar-refractivity contribution in [3.05, 3.63) is 11.9 Å². The van der Waals surface area contributed by atoms with E-state index in [1.54, 1.807) is 7.05 Å². The van der Waals surface area contributed by atoms with Crippen LogP contribution in [0.1, 0.15) is 10.5 Å². The number of anilines is 1. The zero-order valence-electron chi connectivity index (χ0n) is 6.03. The van der Waals surface area contributed by atoms with E-state index in [1.165, 1.54) is 10.9 Å². The number of hydrogen-bond acceptors (Lipinski definition) is 3. The summed E-state index contributed by atoms with van der Waals surface area (Å²) in [5.74, 6) is 1.53. The summed E-state index contributed by atoms with van der Waals surface area (Å²) in [6.45, 7) is 0. The van der Waals surface area contributed by atoms with Crippen LogP contribution in [0.2, 0.25) is 0 Å². The van der Waals surface area contributed by atoms with Gasteiger partial charge in [-0.1, -0.05) is 0 Å². The molecule has 0 radical (unpaired) electrons. The van der Waals surface area contributed by atoms with Crippen molar-refractivity contribution in [2.24, 2.45) is 7.05 Å². The van der Waals surface area contributed by atoms with Crippen molar-refractivity contribution in [1.29, 1.82) is 0 Å². The van der Waals surface area contributed by atoms with E-state index < -0.39 is 5.78 Å². The molecule has 0 aromatic carbocycles. The molecule has 4 nitrogen and oxygen atoms in total. The largest absolute Gasteiger partial charge is 0.396 e. The van der Waals surface area contributed by atoms with Gasteiger partial charge in [-0.25, -0.2) is 0 Å². The summed E-state index contributed by atoms with van der Waals surface area (Å²) >= 11 is 0. The maximum Gasteiger partial charge on any atom is 0.255 e. The summed E-state index contributed by atoms with van der Waals surface area (Å²) in [7, 11) is 1.61. The van der Waals surface area contributed by atoms with Gasteiger partial charge in [0.15, 0.2) is 0 Å². The summed E-state index contributed by atoms with van der Waals surface area (Å²) in [4.78, 5) is 10.9. The fourth-order valence-corrected chi connectivity index (χ4v) is 0.801. The number of ketones is 1. The molecule has 4 heteroatoms. The minimum absolute atomic E-state index is 0.271. The van der Waals surface area contributed by atoms with Gasteiger partial charge in [-0.2, -0.15) is 5.10 Å². The van der Waals surface area contributed by atoms with Gasteiger partial charge in [0.2, 0.25) is 0 Å². The number of carbonyl (C=O) groups excluding carboxylic acids is 1. The number of nitrogens with zero attached hydrogens (tertiary/aromatic N) is 2. The second-order valence-corrected chi connectivity index (χ2v) is 2.05. The molecule has 1 aromatic rings. The Hall–Kier alpha value is -1.76. The molecule has 0 aliphatic carbocycles. The molecule has 0 fully saturated rings. The average molecular weight is 149 g/mol. The maximum atomic E-state index is 10.9. The quantitative estimate of drug-likeness (QED) is 0.342. The number of aryl methyl sites for hydroxylation is 1. The van der Waals surface area contributed by atoms with Crippen LogP contribution in [0.3, 0.4) is 0 Å². The van der Waals surface area contributed by atoms with Gasteiger partial charge in [0, 0.05) is 7.05 Å². The van der Waals surface area contributed by atoms with E-state index in [0.717, 1.165) is 0 Å². The molecular weight excluding hydrogens is 142 g/mol. The Kier molecular flexibility index (Phi) is 1.65. The van der Waals surface area contributed by atoms with Crippen molar-refractivity contribution in [1.82, 2.24) is 9.78 Å². The monoisotopic (exact) mass is 149 g/mol. The van der Waals surface area contributed by atoms with Crippen LogP contribution in [0.4, 0.5) is 5.69 Å². The van der Waals surface area contributed by atoms with Gasteiger partial charge < -0.3 is 5.73 Å². The van der Waals surface area contributed by atoms with Crippen LogP contribution in [0.15, 0.2) is 6.20 Å². The first-order valence-corrected chi connectivity index (χ1v) is 2.95. The Morgan fingerprint density at radius 1 is 1.91 bits per heavy atom. The van der Waals surface area contributed by atoms with Gasteiger partial charge in [-0.05, 0) is 5.92 Å². The van der Waals surface area contributed by atoms with Gasteiger partial charge in [-0.3, -0.25) is 9.48 Å². The number of rotatable bonds is 1. The Bertz CT molecular complexity index is 312. The normalized spacial score (nSPS) is 9.09. The molecule has 0 atom stereocenters. The van der Waals surface area contributed by atoms with Crippen molar-refractivity contribution in [2.45, 2.75) is 0 Å². The van der Waals surface area contributed by atoms with Gasteiger partial charge in [0.25, 0.3) is 5.78 Å². The molecule has 1 rings (SSSR count). The predicted molar refractivity (Wildman–Crippen MR) is 40.8 cm³/mol. The van der Waals surface area contributed by atoms with Gasteiger partial charge >= 0.3 is 0 Å². The summed E-state index contributed by atoms with van der Waals surface area (Å²) in [6, 6.07) is 0. The van der Waals surface area contributed by atoms with Crippen molar-refractivity contribution in [3.63, 3.8) is 0 Å². The molecule has 0 bridgehead atoms. The minimum atomic E-state index is -0.442. The van der Waals surface area contributed by atoms with E-state index in [4.69, 9.17) is 12.2 Å². The third-order valence-electron chi connectivity index (χ3n) is 1.31.